The summed E-state index contributed by atoms with van der Waals surface area (Å²) in [6.45, 7) is 1.85. The van der Waals surface area contributed by atoms with Gasteiger partial charge in [-0.2, -0.15) is 18.2 Å². The number of nitrogens with zero attached hydrogens (tertiary/aromatic N) is 3. The van der Waals surface area contributed by atoms with Crippen molar-refractivity contribution in [2.75, 3.05) is 12.2 Å². The van der Waals surface area contributed by atoms with Crippen LogP contribution in [0.3, 0.4) is 0 Å². The van der Waals surface area contributed by atoms with Crippen LogP contribution in [0.2, 0.25) is 0 Å². The van der Waals surface area contributed by atoms with Crippen molar-refractivity contribution in [3.63, 3.8) is 0 Å². The van der Waals surface area contributed by atoms with Crippen molar-refractivity contribution in [1.29, 1.82) is 0 Å². The Balaban J connectivity index is 1.67. The van der Waals surface area contributed by atoms with Gasteiger partial charge in [-0.25, -0.2) is 9.78 Å². The number of fused-ring (bicyclic) bond motifs is 1. The third kappa shape index (κ3) is 5.16. The highest BCUT2D eigenvalue weighted by Crippen LogP contribution is 2.32. The smallest absolute Gasteiger partial charge is 0.493 e. The van der Waals surface area contributed by atoms with E-state index < -0.39 is 24.2 Å². The molecule has 0 aliphatic carbocycles. The van der Waals surface area contributed by atoms with Crippen molar-refractivity contribution >= 4 is 39.6 Å². The number of ether oxygens (including phenoxy) is 1. The van der Waals surface area contributed by atoms with Crippen LogP contribution in [0.1, 0.15) is 21.6 Å². The summed E-state index contributed by atoms with van der Waals surface area (Å²) < 4.78 is 46.6. The highest BCUT2D eigenvalue weighted by atomic mass is 79.9. The number of halogens is 4. The molecule has 2 aromatic carbocycles. The van der Waals surface area contributed by atoms with Crippen molar-refractivity contribution in [2.24, 2.45) is 0 Å². The van der Waals surface area contributed by atoms with E-state index in [9.17, 15) is 22.8 Å². The SMILES string of the molecule is COc1cc(C=CC2NC(=O)c3ccc(Br)cc3N2OC(=O)C(F)(F)F)ccc1-n1cnc(C)c1. The lowest BCUT2D eigenvalue weighted by molar-refractivity contribution is -0.202. The fraction of sp³-hybridized carbons (Fsp3) is 0.174. The maximum absolute atomic E-state index is 12.9. The predicted molar refractivity (Wildman–Crippen MR) is 124 cm³/mol. The van der Waals surface area contributed by atoms with Gasteiger partial charge in [0.1, 0.15) is 5.75 Å². The van der Waals surface area contributed by atoms with Crippen LogP contribution in [0.4, 0.5) is 18.9 Å². The minimum absolute atomic E-state index is 0.00113. The average Bonchev–Trinajstić information content (AvgIpc) is 3.24. The van der Waals surface area contributed by atoms with Crippen LogP contribution in [0.15, 0.2) is 59.5 Å². The first-order valence-corrected chi connectivity index (χ1v) is 10.9. The summed E-state index contributed by atoms with van der Waals surface area (Å²) in [5, 5.41) is 3.25. The summed E-state index contributed by atoms with van der Waals surface area (Å²) >= 11 is 3.22. The Morgan fingerprint density at radius 2 is 1.97 bits per heavy atom. The number of benzene rings is 2. The molecule has 4 rings (SSSR count). The van der Waals surface area contributed by atoms with E-state index in [1.165, 1.54) is 25.3 Å². The number of methoxy groups -OCH3 is 1. The van der Waals surface area contributed by atoms with E-state index in [1.54, 1.807) is 41.2 Å². The second-order valence-corrected chi connectivity index (χ2v) is 8.41. The topological polar surface area (TPSA) is 85.7 Å². The van der Waals surface area contributed by atoms with Crippen molar-refractivity contribution in [3.05, 3.63) is 76.3 Å². The molecule has 1 N–H and O–H groups in total. The van der Waals surface area contributed by atoms with Crippen LogP contribution in [-0.4, -0.2) is 40.9 Å². The van der Waals surface area contributed by atoms with Crippen molar-refractivity contribution < 1.29 is 32.3 Å². The molecule has 35 heavy (non-hydrogen) atoms. The molecule has 1 atom stereocenters. The zero-order chi connectivity index (χ0) is 25.3. The Morgan fingerprint density at radius 3 is 2.63 bits per heavy atom. The fourth-order valence-electron chi connectivity index (χ4n) is 3.44. The number of hydrogen-bond donors (Lipinski definition) is 1. The number of alkyl halides is 3. The molecule has 0 fully saturated rings. The molecule has 8 nitrogen and oxygen atoms in total. The zero-order valence-corrected chi connectivity index (χ0v) is 19.9. The number of anilines is 1. The van der Waals surface area contributed by atoms with Gasteiger partial charge in [0, 0.05) is 10.7 Å². The highest BCUT2D eigenvalue weighted by molar-refractivity contribution is 9.10. The monoisotopic (exact) mass is 550 g/mol. The van der Waals surface area contributed by atoms with E-state index in [4.69, 9.17) is 4.74 Å². The lowest BCUT2D eigenvalue weighted by Gasteiger charge is -2.35. The molecule has 0 saturated carbocycles. The van der Waals surface area contributed by atoms with E-state index in [1.807, 2.05) is 13.1 Å². The van der Waals surface area contributed by atoms with Crippen LogP contribution in [0.25, 0.3) is 11.8 Å². The second kappa shape index (κ2) is 9.45. The number of nitrogens with one attached hydrogen (secondary N) is 1. The number of hydroxylamine groups is 1. The Labute approximate surface area is 206 Å². The summed E-state index contributed by atoms with van der Waals surface area (Å²) in [6.07, 6.45) is -0.000387. The fourth-order valence-corrected chi connectivity index (χ4v) is 3.79. The van der Waals surface area contributed by atoms with Gasteiger partial charge in [0.25, 0.3) is 5.91 Å². The van der Waals surface area contributed by atoms with Crippen LogP contribution in [0.5, 0.6) is 5.75 Å². The number of hydrogen-bond acceptors (Lipinski definition) is 6. The molecule has 1 aliphatic heterocycles. The number of carbonyl (C=O) groups excluding carboxylic acids is 2. The summed E-state index contributed by atoms with van der Waals surface area (Å²) in [5.74, 6) is -2.43. The van der Waals surface area contributed by atoms with Gasteiger partial charge in [-0.1, -0.05) is 28.1 Å². The molecule has 0 radical (unpaired) electrons. The van der Waals surface area contributed by atoms with E-state index in [-0.39, 0.29) is 11.3 Å². The van der Waals surface area contributed by atoms with E-state index in [0.717, 1.165) is 11.4 Å². The van der Waals surface area contributed by atoms with E-state index >= 15 is 0 Å². The predicted octanol–water partition coefficient (Wildman–Crippen LogP) is 4.56. The summed E-state index contributed by atoms with van der Waals surface area (Å²) in [4.78, 5) is 33.0. The first-order valence-electron chi connectivity index (χ1n) is 10.1. The number of rotatable bonds is 5. The number of carbonyl (C=O) groups is 2. The van der Waals surface area contributed by atoms with Gasteiger partial charge in [-0.05, 0) is 48.9 Å². The molecule has 2 heterocycles. The maximum Gasteiger partial charge on any atom is 0.493 e. The first-order chi connectivity index (χ1) is 16.6. The molecule has 1 aromatic heterocycles. The van der Waals surface area contributed by atoms with Crippen LogP contribution >= 0.6 is 15.9 Å². The molecule has 182 valence electrons. The lowest BCUT2D eigenvalue weighted by Crippen LogP contribution is -2.53. The third-order valence-electron chi connectivity index (χ3n) is 5.05. The molecule has 3 aromatic rings. The van der Waals surface area contributed by atoms with Gasteiger partial charge >= 0.3 is 12.1 Å². The molecule has 0 saturated heterocycles. The number of imidazole rings is 1. The molecule has 1 aliphatic rings. The van der Waals surface area contributed by atoms with Gasteiger partial charge in [0.2, 0.25) is 0 Å². The average molecular weight is 551 g/mol. The van der Waals surface area contributed by atoms with Crippen molar-refractivity contribution in [1.82, 2.24) is 14.9 Å². The summed E-state index contributed by atoms with van der Waals surface area (Å²) in [7, 11) is 1.50. The quantitative estimate of drug-likeness (QED) is 0.501. The largest absolute Gasteiger partial charge is 0.495 e. The standard InChI is InChI=1S/C23H18BrF3N4O4/c1-13-11-30(12-28-13)17-7-3-14(9-19(17)34-2)4-8-20-29-21(32)16-6-5-15(24)10-18(16)31(20)35-22(33)23(25,26)27/h3-12,20H,1-2H3,(H,29,32). The first kappa shape index (κ1) is 24.3. The van der Waals surface area contributed by atoms with Gasteiger partial charge in [-0.3, -0.25) is 4.79 Å². The van der Waals surface area contributed by atoms with E-state index in [2.05, 4.69) is 31.1 Å². The van der Waals surface area contributed by atoms with Crippen LogP contribution < -0.4 is 15.1 Å². The highest BCUT2D eigenvalue weighted by Gasteiger charge is 2.45. The minimum Gasteiger partial charge on any atom is -0.495 e. The Morgan fingerprint density at radius 1 is 1.20 bits per heavy atom. The summed E-state index contributed by atoms with van der Waals surface area (Å²) in [5.41, 5.74) is 2.23. The maximum atomic E-state index is 12.9. The molecule has 1 unspecified atom stereocenters. The molecule has 12 heteroatoms. The van der Waals surface area contributed by atoms with Crippen molar-refractivity contribution in [2.45, 2.75) is 19.3 Å². The van der Waals surface area contributed by atoms with Gasteiger partial charge in [-0.15, -0.1) is 0 Å². The Hall–Kier alpha value is -3.80. The van der Waals surface area contributed by atoms with E-state index in [0.29, 0.717) is 20.8 Å². The lowest BCUT2D eigenvalue weighted by atomic mass is 10.1. The normalized spacial score (nSPS) is 15.7. The van der Waals surface area contributed by atoms with Gasteiger partial charge < -0.3 is 19.5 Å². The molecule has 0 bridgehead atoms. The molecule has 0 spiro atoms. The molecular weight excluding hydrogens is 533 g/mol. The third-order valence-corrected chi connectivity index (χ3v) is 5.54. The van der Waals surface area contributed by atoms with Crippen molar-refractivity contribution in [3.8, 4) is 11.4 Å². The van der Waals surface area contributed by atoms with Gasteiger partial charge in [0.15, 0.2) is 6.17 Å². The van der Waals surface area contributed by atoms with Crippen LogP contribution in [-0.2, 0) is 9.63 Å². The zero-order valence-electron chi connectivity index (χ0n) is 18.3. The molecular formula is C23H18BrF3N4O4. The Bertz CT molecular complexity index is 1320. The number of aromatic nitrogens is 2. The molecule has 1 amide bonds. The minimum atomic E-state index is -5.23. The van der Waals surface area contributed by atoms with Gasteiger partial charge in [0.05, 0.1) is 36.1 Å². The number of aryl methyl sites for hydroxylation is 1. The second-order valence-electron chi connectivity index (χ2n) is 7.49. The number of amides is 1. The summed E-state index contributed by atoms with van der Waals surface area (Å²) in [6, 6.07) is 9.60. The Kier molecular flexibility index (Phi) is 6.57. The van der Waals surface area contributed by atoms with Crippen LogP contribution in [0, 0.1) is 6.92 Å².